The maximum atomic E-state index is 14.4. The molecule has 0 aromatic heterocycles. The Balaban J connectivity index is 1.74. The average Bonchev–Trinajstić information content (AvgIpc) is 3.02. The maximum absolute atomic E-state index is 14.4. The molecule has 0 saturated heterocycles. The molecule has 0 heterocycles. The molecule has 3 aromatic carbocycles. The first-order valence-electron chi connectivity index (χ1n) is 15.6. The van der Waals surface area contributed by atoms with E-state index in [1.165, 1.54) is 4.90 Å². The standard InChI is InChI=1S/C35H45N3O5S/c1-5-31(35(40)36-29-12-8-7-9-13-29)37(24-28-20-16-26(3)17-21-28)34(39)25-38(32-14-10-11-15-33(32)43-6-2)44(41,42)30-22-18-27(4)19-23-30/h10-11,14-23,29,31H,5-9,12-13,24-25H2,1-4H3,(H,36,40). The van der Waals surface area contributed by atoms with E-state index in [1.807, 2.05) is 52.0 Å². The quantitative estimate of drug-likeness (QED) is 0.248. The van der Waals surface area contributed by atoms with Crippen LogP contribution in [-0.4, -0.2) is 50.4 Å². The Bertz CT molecular complexity index is 1500. The number of hydrogen-bond acceptors (Lipinski definition) is 5. The molecule has 1 unspecified atom stereocenters. The molecular weight excluding hydrogens is 574 g/mol. The lowest BCUT2D eigenvalue weighted by molar-refractivity contribution is -0.140. The number of ether oxygens (including phenoxy) is 1. The van der Waals surface area contributed by atoms with Crippen LogP contribution in [0.2, 0.25) is 0 Å². The van der Waals surface area contributed by atoms with Crippen molar-refractivity contribution in [1.29, 1.82) is 0 Å². The molecule has 0 bridgehead atoms. The fraction of sp³-hybridized carbons (Fsp3) is 0.429. The van der Waals surface area contributed by atoms with Crippen molar-refractivity contribution in [1.82, 2.24) is 10.2 Å². The first-order valence-corrected chi connectivity index (χ1v) is 17.0. The largest absolute Gasteiger partial charge is 0.492 e. The zero-order valence-corrected chi connectivity index (χ0v) is 27.1. The third-order valence-corrected chi connectivity index (χ3v) is 9.91. The molecule has 1 saturated carbocycles. The van der Waals surface area contributed by atoms with Crippen molar-refractivity contribution in [3.8, 4) is 5.75 Å². The van der Waals surface area contributed by atoms with Crippen molar-refractivity contribution in [2.24, 2.45) is 0 Å². The third-order valence-electron chi connectivity index (χ3n) is 8.13. The summed E-state index contributed by atoms with van der Waals surface area (Å²) >= 11 is 0. The monoisotopic (exact) mass is 619 g/mol. The van der Waals surface area contributed by atoms with Crippen molar-refractivity contribution in [3.05, 3.63) is 89.5 Å². The predicted octanol–water partition coefficient (Wildman–Crippen LogP) is 6.15. The van der Waals surface area contributed by atoms with Crippen LogP contribution in [0.1, 0.15) is 69.1 Å². The zero-order valence-electron chi connectivity index (χ0n) is 26.3. The Morgan fingerprint density at radius 1 is 0.886 bits per heavy atom. The molecule has 2 amide bonds. The molecule has 0 radical (unpaired) electrons. The van der Waals surface area contributed by atoms with Crippen LogP contribution in [-0.2, 0) is 26.2 Å². The molecule has 9 heteroatoms. The summed E-state index contributed by atoms with van der Waals surface area (Å²) in [6, 6.07) is 20.5. The van der Waals surface area contributed by atoms with E-state index >= 15 is 0 Å². The van der Waals surface area contributed by atoms with Crippen LogP contribution in [0.15, 0.2) is 77.7 Å². The van der Waals surface area contributed by atoms with Crippen LogP contribution >= 0.6 is 0 Å². The first-order chi connectivity index (χ1) is 21.1. The van der Waals surface area contributed by atoms with Crippen LogP contribution in [0.3, 0.4) is 0 Å². The van der Waals surface area contributed by atoms with E-state index in [2.05, 4.69) is 5.32 Å². The molecule has 3 aromatic rings. The number of nitrogens with one attached hydrogen (secondary N) is 1. The lowest BCUT2D eigenvalue weighted by atomic mass is 9.95. The van der Waals surface area contributed by atoms with E-state index in [-0.39, 0.29) is 29.1 Å². The highest BCUT2D eigenvalue weighted by Crippen LogP contribution is 2.33. The summed E-state index contributed by atoms with van der Waals surface area (Å²) in [7, 11) is -4.19. The van der Waals surface area contributed by atoms with Gasteiger partial charge in [0.2, 0.25) is 11.8 Å². The maximum Gasteiger partial charge on any atom is 0.264 e. The van der Waals surface area contributed by atoms with Crippen LogP contribution in [0, 0.1) is 13.8 Å². The van der Waals surface area contributed by atoms with E-state index in [0.717, 1.165) is 53.1 Å². The summed E-state index contributed by atoms with van der Waals surface area (Å²) in [6.07, 6.45) is 5.53. The molecule has 1 atom stereocenters. The van der Waals surface area contributed by atoms with Gasteiger partial charge < -0.3 is 15.0 Å². The van der Waals surface area contributed by atoms with Gasteiger partial charge in [-0.25, -0.2) is 8.42 Å². The first kappa shape index (κ1) is 33.1. The van der Waals surface area contributed by atoms with Gasteiger partial charge in [0, 0.05) is 12.6 Å². The topological polar surface area (TPSA) is 96.0 Å². The molecule has 1 aliphatic rings. The highest BCUT2D eigenvalue weighted by atomic mass is 32.2. The number of nitrogens with zero attached hydrogens (tertiary/aromatic N) is 2. The lowest BCUT2D eigenvalue weighted by Crippen LogP contribution is -2.54. The second-order valence-electron chi connectivity index (χ2n) is 11.5. The third kappa shape index (κ3) is 8.20. The van der Waals surface area contributed by atoms with E-state index < -0.39 is 28.5 Å². The Morgan fingerprint density at radius 3 is 2.11 bits per heavy atom. The SMILES string of the molecule is CCOc1ccccc1N(CC(=O)N(Cc1ccc(C)cc1)C(CC)C(=O)NC1CCCCC1)S(=O)(=O)c1ccc(C)cc1. The fourth-order valence-electron chi connectivity index (χ4n) is 5.65. The lowest BCUT2D eigenvalue weighted by Gasteiger charge is -2.34. The van der Waals surface area contributed by atoms with Crippen LogP contribution in [0.25, 0.3) is 0 Å². The molecule has 1 fully saturated rings. The van der Waals surface area contributed by atoms with Crippen LogP contribution < -0.4 is 14.4 Å². The number of carbonyl (C=O) groups is 2. The molecule has 236 valence electrons. The highest BCUT2D eigenvalue weighted by Gasteiger charge is 2.35. The summed E-state index contributed by atoms with van der Waals surface area (Å²) in [5, 5.41) is 3.19. The Morgan fingerprint density at radius 2 is 1.50 bits per heavy atom. The highest BCUT2D eigenvalue weighted by molar-refractivity contribution is 7.92. The minimum absolute atomic E-state index is 0.0642. The van der Waals surface area contributed by atoms with Gasteiger partial charge in [0.05, 0.1) is 17.2 Å². The van der Waals surface area contributed by atoms with Crippen molar-refractivity contribution in [2.75, 3.05) is 17.5 Å². The number of carbonyl (C=O) groups excluding carboxylic acids is 2. The molecule has 0 spiro atoms. The molecule has 4 rings (SSSR count). The number of benzene rings is 3. The summed E-state index contributed by atoms with van der Waals surface area (Å²) < 4.78 is 35.3. The molecule has 0 aliphatic heterocycles. The van der Waals surface area contributed by atoms with Gasteiger partial charge in [-0.3, -0.25) is 13.9 Å². The van der Waals surface area contributed by atoms with Gasteiger partial charge in [0.1, 0.15) is 18.3 Å². The molecule has 8 nitrogen and oxygen atoms in total. The fourth-order valence-corrected chi connectivity index (χ4v) is 7.07. The van der Waals surface area contributed by atoms with Gasteiger partial charge in [-0.1, -0.05) is 85.8 Å². The van der Waals surface area contributed by atoms with Gasteiger partial charge in [-0.2, -0.15) is 0 Å². The normalized spacial score (nSPS) is 14.5. The number of hydrogen-bond donors (Lipinski definition) is 1. The number of amides is 2. The van der Waals surface area contributed by atoms with Gasteiger partial charge in [-0.05, 0) is 69.9 Å². The van der Waals surface area contributed by atoms with Crippen molar-refractivity contribution in [2.45, 2.75) is 89.7 Å². The molecular formula is C35H45N3O5S. The van der Waals surface area contributed by atoms with Gasteiger partial charge in [0.15, 0.2) is 0 Å². The molecule has 44 heavy (non-hydrogen) atoms. The number of para-hydroxylation sites is 2. The van der Waals surface area contributed by atoms with Crippen LogP contribution in [0.4, 0.5) is 5.69 Å². The number of anilines is 1. The van der Waals surface area contributed by atoms with E-state index in [1.54, 1.807) is 48.5 Å². The zero-order chi connectivity index (χ0) is 31.7. The second kappa shape index (κ2) is 15.2. The summed E-state index contributed by atoms with van der Waals surface area (Å²) in [5.74, 6) is -0.327. The minimum atomic E-state index is -4.19. The number of rotatable bonds is 13. The van der Waals surface area contributed by atoms with Gasteiger partial charge in [0.25, 0.3) is 10.0 Å². The van der Waals surface area contributed by atoms with Gasteiger partial charge in [-0.15, -0.1) is 0 Å². The van der Waals surface area contributed by atoms with Gasteiger partial charge >= 0.3 is 0 Å². The van der Waals surface area contributed by atoms with Crippen molar-refractivity contribution in [3.63, 3.8) is 0 Å². The van der Waals surface area contributed by atoms with Crippen molar-refractivity contribution < 1.29 is 22.7 Å². The summed E-state index contributed by atoms with van der Waals surface area (Å²) in [6.45, 7) is 7.56. The van der Waals surface area contributed by atoms with E-state index in [0.29, 0.717) is 18.8 Å². The number of aryl methyl sites for hydroxylation is 2. The summed E-state index contributed by atoms with van der Waals surface area (Å²) in [4.78, 5) is 29.7. The predicted molar refractivity (Wildman–Crippen MR) is 174 cm³/mol. The average molecular weight is 620 g/mol. The molecule has 1 aliphatic carbocycles. The Kier molecular flexibility index (Phi) is 11.4. The Hall–Kier alpha value is -3.85. The van der Waals surface area contributed by atoms with E-state index in [4.69, 9.17) is 4.74 Å². The van der Waals surface area contributed by atoms with Crippen molar-refractivity contribution >= 4 is 27.5 Å². The van der Waals surface area contributed by atoms with Crippen LogP contribution in [0.5, 0.6) is 5.75 Å². The summed E-state index contributed by atoms with van der Waals surface area (Å²) in [5.41, 5.74) is 3.12. The molecule has 1 N–H and O–H groups in total. The second-order valence-corrected chi connectivity index (χ2v) is 13.4. The smallest absolute Gasteiger partial charge is 0.264 e. The Labute approximate surface area is 262 Å². The minimum Gasteiger partial charge on any atom is -0.492 e. The van der Waals surface area contributed by atoms with E-state index in [9.17, 15) is 18.0 Å². The number of sulfonamides is 1.